The first-order chi connectivity index (χ1) is 9.99. The number of aromatic nitrogens is 1. The number of nitrogens with zero attached hydrogens (tertiary/aromatic N) is 1. The maximum absolute atomic E-state index is 12.0. The van der Waals surface area contributed by atoms with Gasteiger partial charge in [0.1, 0.15) is 6.54 Å². The van der Waals surface area contributed by atoms with Crippen LogP contribution in [0.1, 0.15) is 17.3 Å². The van der Waals surface area contributed by atoms with Crippen molar-refractivity contribution in [3.05, 3.63) is 56.6 Å². The van der Waals surface area contributed by atoms with E-state index in [0.717, 1.165) is 11.3 Å². The first-order valence-electron chi connectivity index (χ1n) is 6.21. The first kappa shape index (κ1) is 15.0. The Hall–Kier alpha value is -2.41. The quantitative estimate of drug-likeness (QED) is 0.867. The molecule has 1 aromatic heterocycles. The highest BCUT2D eigenvalue weighted by Crippen LogP contribution is 2.12. The second kappa shape index (κ2) is 6.36. The van der Waals surface area contributed by atoms with Gasteiger partial charge in [-0.3, -0.25) is 14.2 Å². The number of hydrogen-bond donors (Lipinski definition) is 2. The Labute approximate surface area is 124 Å². The summed E-state index contributed by atoms with van der Waals surface area (Å²) >= 11 is 1.01. The molecule has 0 saturated heterocycles. The summed E-state index contributed by atoms with van der Waals surface area (Å²) in [5.74, 6) is -1.67. The van der Waals surface area contributed by atoms with Crippen molar-refractivity contribution in [3.63, 3.8) is 0 Å². The van der Waals surface area contributed by atoms with E-state index in [-0.39, 0.29) is 11.4 Å². The highest BCUT2D eigenvalue weighted by atomic mass is 32.1. The van der Waals surface area contributed by atoms with E-state index in [4.69, 9.17) is 0 Å². The molecule has 2 aromatic rings. The maximum atomic E-state index is 12.0. The zero-order valence-corrected chi connectivity index (χ0v) is 12.1. The van der Waals surface area contributed by atoms with Crippen molar-refractivity contribution in [2.24, 2.45) is 0 Å². The van der Waals surface area contributed by atoms with Gasteiger partial charge in [0.2, 0.25) is 5.91 Å². The highest BCUT2D eigenvalue weighted by molar-refractivity contribution is 7.07. The van der Waals surface area contributed by atoms with E-state index in [2.05, 4.69) is 5.32 Å². The lowest BCUT2D eigenvalue weighted by Gasteiger charge is -2.15. The van der Waals surface area contributed by atoms with Crippen molar-refractivity contribution < 1.29 is 14.7 Å². The third-order valence-corrected chi connectivity index (χ3v) is 3.84. The minimum absolute atomic E-state index is 0.190. The zero-order chi connectivity index (χ0) is 15.4. The number of thiazole rings is 1. The van der Waals surface area contributed by atoms with Crippen molar-refractivity contribution in [2.45, 2.75) is 19.5 Å². The summed E-state index contributed by atoms with van der Waals surface area (Å²) in [7, 11) is 0. The lowest BCUT2D eigenvalue weighted by Crippen LogP contribution is -2.37. The molecule has 1 unspecified atom stereocenters. The molecule has 0 bridgehead atoms. The number of hydrogen-bond acceptors (Lipinski definition) is 4. The van der Waals surface area contributed by atoms with Crippen LogP contribution in [0, 0.1) is 6.92 Å². The number of aryl methyl sites for hydroxylation is 1. The van der Waals surface area contributed by atoms with E-state index in [9.17, 15) is 19.5 Å². The Bertz CT molecular complexity index is 705. The summed E-state index contributed by atoms with van der Waals surface area (Å²) in [4.78, 5) is 34.6. The molecule has 0 aliphatic rings. The molecule has 0 aliphatic heterocycles. The lowest BCUT2D eigenvalue weighted by molar-refractivity contribution is -0.142. The van der Waals surface area contributed by atoms with Gasteiger partial charge in [0, 0.05) is 11.1 Å². The van der Waals surface area contributed by atoms with Gasteiger partial charge in [-0.2, -0.15) is 0 Å². The average Bonchev–Trinajstić information content (AvgIpc) is 2.77. The van der Waals surface area contributed by atoms with Crippen LogP contribution in [-0.4, -0.2) is 21.6 Å². The first-order valence-corrected chi connectivity index (χ1v) is 7.09. The molecule has 21 heavy (non-hydrogen) atoms. The number of aliphatic carboxylic acids is 1. The number of carbonyl (C=O) groups is 2. The standard InChI is InChI=1S/C14H14N2O4S/c1-9-8-21-14(20)16(9)7-11(17)15-12(13(18)19)10-5-3-2-4-6-10/h2-6,8,12H,7H2,1H3,(H,15,17)(H,18,19). The Kier molecular flexibility index (Phi) is 4.54. The lowest BCUT2D eigenvalue weighted by atomic mass is 10.1. The molecular formula is C14H14N2O4S. The van der Waals surface area contributed by atoms with Crippen LogP contribution in [0.25, 0.3) is 0 Å². The van der Waals surface area contributed by atoms with Crippen LogP contribution in [-0.2, 0) is 16.1 Å². The normalized spacial score (nSPS) is 11.9. The van der Waals surface area contributed by atoms with Crippen molar-refractivity contribution in [2.75, 3.05) is 0 Å². The van der Waals surface area contributed by atoms with Crippen LogP contribution in [0.15, 0.2) is 40.5 Å². The summed E-state index contributed by atoms with van der Waals surface area (Å²) in [6.45, 7) is 1.53. The van der Waals surface area contributed by atoms with Crippen LogP contribution in [0.3, 0.4) is 0 Å². The second-order valence-electron chi connectivity index (χ2n) is 4.48. The molecule has 1 amide bonds. The van der Waals surface area contributed by atoms with Gasteiger partial charge in [0.25, 0.3) is 0 Å². The molecule has 2 rings (SSSR count). The van der Waals surface area contributed by atoms with Crippen molar-refractivity contribution in [1.82, 2.24) is 9.88 Å². The Morgan fingerprint density at radius 1 is 1.33 bits per heavy atom. The summed E-state index contributed by atoms with van der Waals surface area (Å²) in [6, 6.07) is 7.28. The molecule has 1 aromatic carbocycles. The fourth-order valence-electron chi connectivity index (χ4n) is 1.88. The fourth-order valence-corrected chi connectivity index (χ4v) is 2.61. The topological polar surface area (TPSA) is 88.4 Å². The molecule has 110 valence electrons. The zero-order valence-electron chi connectivity index (χ0n) is 11.3. The Morgan fingerprint density at radius 2 is 2.00 bits per heavy atom. The third kappa shape index (κ3) is 3.57. The van der Waals surface area contributed by atoms with Gasteiger partial charge < -0.3 is 10.4 Å². The van der Waals surface area contributed by atoms with E-state index >= 15 is 0 Å². The van der Waals surface area contributed by atoms with Crippen LogP contribution in [0.4, 0.5) is 0 Å². The minimum Gasteiger partial charge on any atom is -0.479 e. The van der Waals surface area contributed by atoms with Gasteiger partial charge in [0.05, 0.1) is 0 Å². The van der Waals surface area contributed by atoms with Crippen molar-refractivity contribution in [1.29, 1.82) is 0 Å². The van der Waals surface area contributed by atoms with E-state index < -0.39 is 17.9 Å². The fraction of sp³-hybridized carbons (Fsp3) is 0.214. The highest BCUT2D eigenvalue weighted by Gasteiger charge is 2.22. The number of carboxylic acids is 1. The molecule has 7 heteroatoms. The molecule has 1 heterocycles. The smallest absolute Gasteiger partial charge is 0.330 e. The van der Waals surface area contributed by atoms with Crippen molar-refractivity contribution in [3.8, 4) is 0 Å². The van der Waals surface area contributed by atoms with Crippen molar-refractivity contribution >= 4 is 23.2 Å². The van der Waals surface area contributed by atoms with Gasteiger partial charge in [-0.15, -0.1) is 0 Å². The van der Waals surface area contributed by atoms with Gasteiger partial charge >= 0.3 is 10.8 Å². The molecule has 0 radical (unpaired) electrons. The molecule has 0 aliphatic carbocycles. The summed E-state index contributed by atoms with van der Waals surface area (Å²) < 4.78 is 1.31. The summed E-state index contributed by atoms with van der Waals surface area (Å²) in [5.41, 5.74) is 1.15. The molecule has 6 nitrogen and oxygen atoms in total. The number of nitrogens with one attached hydrogen (secondary N) is 1. The minimum atomic E-state index is -1.15. The molecule has 1 atom stereocenters. The summed E-state index contributed by atoms with van der Waals surface area (Å²) in [6.07, 6.45) is 0. The van der Waals surface area contributed by atoms with Gasteiger partial charge in [-0.1, -0.05) is 41.7 Å². The van der Waals surface area contributed by atoms with Crippen LogP contribution < -0.4 is 10.2 Å². The van der Waals surface area contributed by atoms with Crippen LogP contribution in [0.2, 0.25) is 0 Å². The number of carboxylic acid groups (broad SMARTS) is 1. The predicted molar refractivity (Wildman–Crippen MR) is 78.3 cm³/mol. The van der Waals surface area contributed by atoms with Gasteiger partial charge in [-0.25, -0.2) is 4.79 Å². The predicted octanol–water partition coefficient (Wildman–Crippen LogP) is 1.16. The van der Waals surface area contributed by atoms with Crippen LogP contribution in [0.5, 0.6) is 0 Å². The maximum Gasteiger partial charge on any atom is 0.330 e. The van der Waals surface area contributed by atoms with Gasteiger partial charge in [0.15, 0.2) is 6.04 Å². The average molecular weight is 306 g/mol. The molecule has 0 saturated carbocycles. The Morgan fingerprint density at radius 3 is 2.52 bits per heavy atom. The molecule has 2 N–H and O–H groups in total. The second-order valence-corrected chi connectivity index (χ2v) is 5.30. The van der Waals surface area contributed by atoms with E-state index in [0.29, 0.717) is 11.3 Å². The van der Waals surface area contributed by atoms with E-state index in [1.807, 2.05) is 0 Å². The SMILES string of the molecule is Cc1csc(=O)n1CC(=O)NC(C(=O)O)c1ccccc1. The number of amides is 1. The molecule has 0 fully saturated rings. The largest absolute Gasteiger partial charge is 0.479 e. The van der Waals surface area contributed by atoms with E-state index in [1.54, 1.807) is 42.6 Å². The molecule has 0 spiro atoms. The van der Waals surface area contributed by atoms with Gasteiger partial charge in [-0.05, 0) is 12.5 Å². The number of benzene rings is 1. The molecular weight excluding hydrogens is 292 g/mol. The monoisotopic (exact) mass is 306 g/mol. The van der Waals surface area contributed by atoms with Crippen LogP contribution >= 0.6 is 11.3 Å². The number of rotatable bonds is 5. The Balaban J connectivity index is 2.13. The van der Waals surface area contributed by atoms with E-state index in [1.165, 1.54) is 4.57 Å². The number of carbonyl (C=O) groups excluding carboxylic acids is 1. The third-order valence-electron chi connectivity index (χ3n) is 2.96. The summed E-state index contributed by atoms with van der Waals surface area (Å²) in [5, 5.41) is 13.3.